The van der Waals surface area contributed by atoms with Crippen molar-refractivity contribution in [1.29, 1.82) is 0 Å². The molecule has 166 valence electrons. The van der Waals surface area contributed by atoms with Crippen molar-refractivity contribution in [3.8, 4) is 5.75 Å². The van der Waals surface area contributed by atoms with Gasteiger partial charge in [0.1, 0.15) is 23.7 Å². The molecule has 0 aliphatic carbocycles. The highest BCUT2D eigenvalue weighted by Crippen LogP contribution is 2.28. The van der Waals surface area contributed by atoms with Crippen molar-refractivity contribution in [3.05, 3.63) is 99.3 Å². The number of nitrogens with zero attached hydrogens (tertiary/aromatic N) is 1. The van der Waals surface area contributed by atoms with Gasteiger partial charge in [-0.1, -0.05) is 46.3 Å². The lowest BCUT2D eigenvalue weighted by molar-refractivity contribution is -0.122. The van der Waals surface area contributed by atoms with Crippen molar-refractivity contribution in [3.63, 3.8) is 0 Å². The van der Waals surface area contributed by atoms with E-state index in [2.05, 4.69) is 21.2 Å². The zero-order valence-electron chi connectivity index (χ0n) is 17.5. The molecule has 0 unspecified atom stereocenters. The molecule has 1 N–H and O–H groups in total. The quantitative estimate of drug-likeness (QED) is 0.382. The summed E-state index contributed by atoms with van der Waals surface area (Å²) in [6, 6.07) is 17.0. The van der Waals surface area contributed by atoms with Gasteiger partial charge in [0, 0.05) is 10.0 Å². The number of amides is 4. The van der Waals surface area contributed by atoms with Gasteiger partial charge in [0.2, 0.25) is 0 Å². The van der Waals surface area contributed by atoms with E-state index >= 15 is 0 Å². The number of imide groups is 2. The van der Waals surface area contributed by atoms with Crippen molar-refractivity contribution >= 4 is 45.5 Å². The lowest BCUT2D eigenvalue weighted by Gasteiger charge is -2.26. The van der Waals surface area contributed by atoms with E-state index in [1.807, 2.05) is 6.92 Å². The standard InChI is InChI=1S/C25H18BrFN2O4/c1-15-11-19(9-10-21(15)26)29-24(31)20(23(30)28-25(29)32)13-17-6-2-3-8-22(17)33-14-16-5-4-7-18(27)12-16/h2-13H,14H2,1H3,(H,28,30,32)/b20-13+. The molecule has 0 bridgehead atoms. The zero-order chi connectivity index (χ0) is 23.5. The molecule has 4 rings (SSSR count). The summed E-state index contributed by atoms with van der Waals surface area (Å²) in [5.74, 6) is -1.51. The molecule has 0 spiro atoms. The Labute approximate surface area is 197 Å². The molecule has 0 aromatic heterocycles. The Morgan fingerprint density at radius 2 is 1.82 bits per heavy atom. The fourth-order valence-electron chi connectivity index (χ4n) is 3.33. The van der Waals surface area contributed by atoms with Crippen LogP contribution in [0.2, 0.25) is 0 Å². The molecule has 1 heterocycles. The molecule has 3 aromatic rings. The molecule has 0 atom stereocenters. The highest BCUT2D eigenvalue weighted by molar-refractivity contribution is 9.10. The van der Waals surface area contributed by atoms with Gasteiger partial charge in [-0.05, 0) is 60.5 Å². The Kier molecular flexibility index (Phi) is 6.37. The second-order valence-corrected chi connectivity index (χ2v) is 8.20. The van der Waals surface area contributed by atoms with Crippen LogP contribution in [0.5, 0.6) is 5.75 Å². The van der Waals surface area contributed by atoms with E-state index in [0.717, 1.165) is 14.9 Å². The third-order valence-electron chi connectivity index (χ3n) is 5.00. The average molecular weight is 509 g/mol. The Hall–Kier alpha value is -3.78. The minimum atomic E-state index is -0.820. The second kappa shape index (κ2) is 9.38. The zero-order valence-corrected chi connectivity index (χ0v) is 19.1. The maximum atomic E-state index is 13.4. The number of barbiturate groups is 1. The monoisotopic (exact) mass is 508 g/mol. The van der Waals surface area contributed by atoms with Crippen molar-refractivity contribution < 1.29 is 23.5 Å². The number of halogens is 2. The van der Waals surface area contributed by atoms with Crippen LogP contribution < -0.4 is 15.0 Å². The van der Waals surface area contributed by atoms with Crippen LogP contribution in [-0.4, -0.2) is 17.8 Å². The summed E-state index contributed by atoms with van der Waals surface area (Å²) < 4.78 is 20.1. The topological polar surface area (TPSA) is 75.7 Å². The van der Waals surface area contributed by atoms with Crippen LogP contribution in [0.4, 0.5) is 14.9 Å². The molecule has 1 aliphatic rings. The average Bonchev–Trinajstić information content (AvgIpc) is 2.78. The Bertz CT molecular complexity index is 1310. The van der Waals surface area contributed by atoms with Crippen LogP contribution in [0, 0.1) is 12.7 Å². The number of benzene rings is 3. The number of aryl methyl sites for hydroxylation is 1. The van der Waals surface area contributed by atoms with E-state index in [9.17, 15) is 18.8 Å². The number of carbonyl (C=O) groups excluding carboxylic acids is 3. The number of rotatable bonds is 5. The first-order valence-electron chi connectivity index (χ1n) is 9.97. The van der Waals surface area contributed by atoms with Gasteiger partial charge >= 0.3 is 6.03 Å². The van der Waals surface area contributed by atoms with Gasteiger partial charge in [0.15, 0.2) is 0 Å². The first-order chi connectivity index (χ1) is 15.8. The van der Waals surface area contributed by atoms with Gasteiger partial charge < -0.3 is 4.74 Å². The van der Waals surface area contributed by atoms with E-state index < -0.39 is 17.8 Å². The first kappa shape index (κ1) is 22.4. The normalized spacial score (nSPS) is 15.1. The molecular formula is C25H18BrFN2O4. The number of anilines is 1. The molecule has 1 fully saturated rings. The molecule has 0 saturated carbocycles. The number of ether oxygens (including phenoxy) is 1. The molecule has 0 radical (unpaired) electrons. The molecule has 4 amide bonds. The van der Waals surface area contributed by atoms with Crippen molar-refractivity contribution in [1.82, 2.24) is 5.32 Å². The summed E-state index contributed by atoms with van der Waals surface area (Å²) in [6.45, 7) is 1.93. The minimum Gasteiger partial charge on any atom is -0.488 e. The van der Waals surface area contributed by atoms with Gasteiger partial charge in [-0.25, -0.2) is 14.1 Å². The number of hydrogen-bond acceptors (Lipinski definition) is 4. The van der Waals surface area contributed by atoms with Gasteiger partial charge in [0.25, 0.3) is 11.8 Å². The van der Waals surface area contributed by atoms with Crippen LogP contribution in [0.1, 0.15) is 16.7 Å². The molecule has 8 heteroatoms. The van der Waals surface area contributed by atoms with Crippen LogP contribution >= 0.6 is 15.9 Å². The smallest absolute Gasteiger partial charge is 0.335 e. The maximum absolute atomic E-state index is 13.4. The first-order valence-corrected chi connectivity index (χ1v) is 10.8. The van der Waals surface area contributed by atoms with Crippen LogP contribution in [-0.2, 0) is 16.2 Å². The van der Waals surface area contributed by atoms with E-state index in [1.165, 1.54) is 18.2 Å². The highest BCUT2D eigenvalue weighted by Gasteiger charge is 2.37. The van der Waals surface area contributed by atoms with Crippen molar-refractivity contribution in [2.75, 3.05) is 4.90 Å². The summed E-state index contributed by atoms with van der Waals surface area (Å²) in [5, 5.41) is 2.21. The van der Waals surface area contributed by atoms with Gasteiger partial charge in [-0.15, -0.1) is 0 Å². The fourth-order valence-corrected chi connectivity index (χ4v) is 3.58. The SMILES string of the molecule is Cc1cc(N2C(=O)NC(=O)/C(=C\c3ccccc3OCc3cccc(F)c3)C2=O)ccc1Br. The summed E-state index contributed by atoms with van der Waals surface area (Å²) in [6.07, 6.45) is 1.38. The highest BCUT2D eigenvalue weighted by atomic mass is 79.9. The van der Waals surface area contributed by atoms with E-state index in [-0.39, 0.29) is 18.0 Å². The third kappa shape index (κ3) is 4.85. The summed E-state index contributed by atoms with van der Waals surface area (Å²) in [5.41, 5.74) is 2.05. The number of carbonyl (C=O) groups is 3. The number of para-hydroxylation sites is 1. The van der Waals surface area contributed by atoms with E-state index in [4.69, 9.17) is 4.74 Å². The van der Waals surface area contributed by atoms with Crippen molar-refractivity contribution in [2.24, 2.45) is 0 Å². The summed E-state index contributed by atoms with van der Waals surface area (Å²) in [4.78, 5) is 39.0. The Balaban J connectivity index is 1.65. The molecule has 1 aliphatic heterocycles. The maximum Gasteiger partial charge on any atom is 0.335 e. The van der Waals surface area contributed by atoms with Gasteiger partial charge in [0.05, 0.1) is 5.69 Å². The third-order valence-corrected chi connectivity index (χ3v) is 5.89. The van der Waals surface area contributed by atoms with Crippen LogP contribution in [0.3, 0.4) is 0 Å². The molecule has 1 saturated heterocycles. The largest absolute Gasteiger partial charge is 0.488 e. The molecule has 6 nitrogen and oxygen atoms in total. The number of urea groups is 1. The summed E-state index contributed by atoms with van der Waals surface area (Å²) >= 11 is 3.39. The molecular weight excluding hydrogens is 491 g/mol. The minimum absolute atomic E-state index is 0.0981. The van der Waals surface area contributed by atoms with Gasteiger partial charge in [-0.2, -0.15) is 0 Å². The number of nitrogens with one attached hydrogen (secondary N) is 1. The summed E-state index contributed by atoms with van der Waals surface area (Å²) in [7, 11) is 0. The second-order valence-electron chi connectivity index (χ2n) is 7.35. The Morgan fingerprint density at radius 1 is 1.03 bits per heavy atom. The van der Waals surface area contributed by atoms with E-state index in [0.29, 0.717) is 22.6 Å². The fraction of sp³-hybridized carbons (Fsp3) is 0.0800. The lowest BCUT2D eigenvalue weighted by Crippen LogP contribution is -2.54. The Morgan fingerprint density at radius 3 is 2.58 bits per heavy atom. The predicted octanol–water partition coefficient (Wildman–Crippen LogP) is 5.14. The van der Waals surface area contributed by atoms with Crippen LogP contribution in [0.25, 0.3) is 6.08 Å². The molecule has 33 heavy (non-hydrogen) atoms. The van der Waals surface area contributed by atoms with Gasteiger partial charge in [-0.3, -0.25) is 14.9 Å². The molecule has 3 aromatic carbocycles. The van der Waals surface area contributed by atoms with E-state index in [1.54, 1.807) is 54.6 Å². The number of hydrogen-bond donors (Lipinski definition) is 1. The predicted molar refractivity (Wildman–Crippen MR) is 125 cm³/mol. The lowest BCUT2D eigenvalue weighted by atomic mass is 10.1. The van der Waals surface area contributed by atoms with Crippen LogP contribution in [0.15, 0.2) is 76.8 Å². The van der Waals surface area contributed by atoms with Crippen molar-refractivity contribution in [2.45, 2.75) is 13.5 Å².